The lowest BCUT2D eigenvalue weighted by atomic mass is 9.94. The highest BCUT2D eigenvalue weighted by atomic mass is 79.9. The van der Waals surface area contributed by atoms with Crippen LogP contribution in [-0.4, -0.2) is 16.0 Å². The zero-order valence-electron chi connectivity index (χ0n) is 7.29. The normalized spacial score (nSPS) is 29.1. The number of alkyl halides is 1. The van der Waals surface area contributed by atoms with Crippen LogP contribution in [0.3, 0.4) is 0 Å². The van der Waals surface area contributed by atoms with Crippen molar-refractivity contribution in [3.63, 3.8) is 0 Å². The molecule has 1 aliphatic rings. The first-order chi connectivity index (χ1) is 6.27. The van der Waals surface area contributed by atoms with Crippen molar-refractivity contribution in [3.8, 4) is 0 Å². The summed E-state index contributed by atoms with van der Waals surface area (Å²) in [4.78, 5) is 0. The molecular formula is C9H12BrFN2. The van der Waals surface area contributed by atoms with E-state index in [9.17, 15) is 4.39 Å². The third-order valence-corrected chi connectivity index (χ3v) is 3.18. The van der Waals surface area contributed by atoms with Gasteiger partial charge in [0.05, 0.1) is 12.2 Å². The Morgan fingerprint density at radius 1 is 1.54 bits per heavy atom. The fourth-order valence-electron chi connectivity index (χ4n) is 1.89. The number of nitrogens with zero attached hydrogens (tertiary/aromatic N) is 2. The van der Waals surface area contributed by atoms with Gasteiger partial charge >= 0.3 is 0 Å². The van der Waals surface area contributed by atoms with E-state index in [1.165, 1.54) is 0 Å². The fourth-order valence-corrected chi connectivity index (χ4v) is 2.39. The van der Waals surface area contributed by atoms with Crippen LogP contribution >= 0.6 is 15.9 Å². The van der Waals surface area contributed by atoms with Crippen LogP contribution in [0.4, 0.5) is 4.39 Å². The Labute approximate surface area is 85.3 Å². The van der Waals surface area contributed by atoms with Gasteiger partial charge in [-0.25, -0.2) is 4.39 Å². The second kappa shape index (κ2) is 3.78. The van der Waals surface area contributed by atoms with Gasteiger partial charge in [0.2, 0.25) is 0 Å². The molecule has 0 saturated heterocycles. The van der Waals surface area contributed by atoms with Crippen LogP contribution < -0.4 is 0 Å². The first kappa shape index (κ1) is 9.19. The third kappa shape index (κ3) is 1.93. The van der Waals surface area contributed by atoms with Crippen molar-refractivity contribution < 1.29 is 4.39 Å². The molecule has 0 aromatic carbocycles. The van der Waals surface area contributed by atoms with Crippen molar-refractivity contribution in [2.24, 2.45) is 0 Å². The summed E-state index contributed by atoms with van der Waals surface area (Å²) in [5, 5.41) is 4.18. The number of hydrogen-bond donors (Lipinski definition) is 0. The zero-order chi connectivity index (χ0) is 9.26. The standard InChI is InChI=1S/C9H12BrFN2/c10-9-4-5-12-13(9)8-3-1-2-7(11)6-8/h4-5,7-8H,1-3,6H2. The van der Waals surface area contributed by atoms with Gasteiger partial charge in [0, 0.05) is 6.42 Å². The molecule has 0 spiro atoms. The van der Waals surface area contributed by atoms with Crippen molar-refractivity contribution in [1.29, 1.82) is 0 Å². The number of hydrogen-bond acceptors (Lipinski definition) is 1. The van der Waals surface area contributed by atoms with Crippen LogP contribution in [0, 0.1) is 0 Å². The molecule has 0 amide bonds. The van der Waals surface area contributed by atoms with Crippen molar-refractivity contribution in [3.05, 3.63) is 16.9 Å². The summed E-state index contributed by atoms with van der Waals surface area (Å²) in [5.74, 6) is 0. The Kier molecular flexibility index (Phi) is 2.67. The van der Waals surface area contributed by atoms with E-state index in [4.69, 9.17) is 0 Å². The summed E-state index contributed by atoms with van der Waals surface area (Å²) >= 11 is 3.40. The van der Waals surface area contributed by atoms with Crippen LogP contribution in [0.5, 0.6) is 0 Å². The molecule has 4 heteroatoms. The van der Waals surface area contributed by atoms with Crippen molar-refractivity contribution in [1.82, 2.24) is 9.78 Å². The maximum atomic E-state index is 13.1. The molecule has 1 aromatic heterocycles. The van der Waals surface area contributed by atoms with E-state index in [2.05, 4.69) is 21.0 Å². The lowest BCUT2D eigenvalue weighted by molar-refractivity contribution is 0.191. The molecule has 2 unspecified atom stereocenters. The molecule has 13 heavy (non-hydrogen) atoms. The van der Waals surface area contributed by atoms with Gasteiger partial charge in [-0.3, -0.25) is 4.68 Å². The predicted octanol–water partition coefficient (Wildman–Crippen LogP) is 3.10. The van der Waals surface area contributed by atoms with E-state index in [0.717, 1.165) is 23.9 Å². The first-order valence-corrected chi connectivity index (χ1v) is 5.40. The van der Waals surface area contributed by atoms with E-state index in [-0.39, 0.29) is 6.04 Å². The molecule has 0 N–H and O–H groups in total. The SMILES string of the molecule is FC1CCCC(n2nccc2Br)C1. The highest BCUT2D eigenvalue weighted by Gasteiger charge is 2.23. The molecular weight excluding hydrogens is 235 g/mol. The maximum Gasteiger partial charge on any atom is 0.104 e. The Morgan fingerprint density at radius 2 is 2.38 bits per heavy atom. The Balaban J connectivity index is 2.12. The largest absolute Gasteiger partial charge is 0.255 e. The molecule has 1 aromatic rings. The second-order valence-electron chi connectivity index (χ2n) is 3.52. The summed E-state index contributed by atoms with van der Waals surface area (Å²) in [7, 11) is 0. The predicted molar refractivity (Wildman–Crippen MR) is 52.3 cm³/mol. The Bertz CT molecular complexity index is 287. The van der Waals surface area contributed by atoms with E-state index >= 15 is 0 Å². The summed E-state index contributed by atoms with van der Waals surface area (Å²) < 4.78 is 15.9. The van der Waals surface area contributed by atoms with E-state index in [1.54, 1.807) is 6.20 Å². The van der Waals surface area contributed by atoms with E-state index in [0.29, 0.717) is 6.42 Å². The minimum Gasteiger partial charge on any atom is -0.255 e. The van der Waals surface area contributed by atoms with Gasteiger partial charge in [0.25, 0.3) is 0 Å². The quantitative estimate of drug-likeness (QED) is 0.745. The number of rotatable bonds is 1. The van der Waals surface area contributed by atoms with Crippen molar-refractivity contribution >= 4 is 15.9 Å². The summed E-state index contributed by atoms with van der Waals surface area (Å²) in [6, 6.07) is 2.13. The fraction of sp³-hybridized carbons (Fsp3) is 0.667. The molecule has 0 aliphatic heterocycles. The molecule has 2 rings (SSSR count). The van der Waals surface area contributed by atoms with Crippen molar-refractivity contribution in [2.75, 3.05) is 0 Å². The minimum absolute atomic E-state index is 0.244. The Morgan fingerprint density at radius 3 is 3.00 bits per heavy atom. The van der Waals surface area contributed by atoms with Gasteiger partial charge in [-0.2, -0.15) is 5.10 Å². The zero-order valence-corrected chi connectivity index (χ0v) is 8.87. The van der Waals surface area contributed by atoms with Gasteiger partial charge in [0.1, 0.15) is 10.8 Å². The van der Waals surface area contributed by atoms with Gasteiger partial charge in [-0.15, -0.1) is 0 Å². The number of aromatic nitrogens is 2. The van der Waals surface area contributed by atoms with Gasteiger partial charge in [0.15, 0.2) is 0 Å². The summed E-state index contributed by atoms with van der Waals surface area (Å²) in [6.07, 6.45) is 4.44. The van der Waals surface area contributed by atoms with Crippen LogP contribution in [0.1, 0.15) is 31.7 Å². The highest BCUT2D eigenvalue weighted by Crippen LogP contribution is 2.31. The molecule has 2 atom stereocenters. The molecule has 0 radical (unpaired) electrons. The molecule has 72 valence electrons. The summed E-state index contributed by atoms with van der Waals surface area (Å²) in [5.41, 5.74) is 0. The summed E-state index contributed by atoms with van der Waals surface area (Å²) in [6.45, 7) is 0. The lowest BCUT2D eigenvalue weighted by Gasteiger charge is -2.25. The van der Waals surface area contributed by atoms with Gasteiger partial charge in [-0.05, 0) is 41.3 Å². The molecule has 1 fully saturated rings. The van der Waals surface area contributed by atoms with Crippen LogP contribution in [0.15, 0.2) is 16.9 Å². The molecule has 1 aliphatic carbocycles. The highest BCUT2D eigenvalue weighted by molar-refractivity contribution is 9.10. The Hall–Kier alpha value is -0.380. The maximum absolute atomic E-state index is 13.1. The molecule has 0 bridgehead atoms. The lowest BCUT2D eigenvalue weighted by Crippen LogP contribution is -2.20. The average molecular weight is 247 g/mol. The van der Waals surface area contributed by atoms with Crippen LogP contribution in [-0.2, 0) is 0 Å². The minimum atomic E-state index is -0.644. The number of halogens is 2. The van der Waals surface area contributed by atoms with E-state index < -0.39 is 6.17 Å². The molecule has 1 heterocycles. The topological polar surface area (TPSA) is 17.8 Å². The van der Waals surface area contributed by atoms with Gasteiger partial charge in [-0.1, -0.05) is 0 Å². The second-order valence-corrected chi connectivity index (χ2v) is 4.33. The van der Waals surface area contributed by atoms with Crippen molar-refractivity contribution in [2.45, 2.75) is 37.9 Å². The van der Waals surface area contributed by atoms with E-state index in [1.807, 2.05) is 10.7 Å². The van der Waals surface area contributed by atoms with Crippen LogP contribution in [0.25, 0.3) is 0 Å². The molecule has 1 saturated carbocycles. The average Bonchev–Trinajstić information content (AvgIpc) is 2.51. The molecule has 2 nitrogen and oxygen atoms in total. The van der Waals surface area contributed by atoms with Crippen LogP contribution in [0.2, 0.25) is 0 Å². The van der Waals surface area contributed by atoms with Gasteiger partial charge < -0.3 is 0 Å². The third-order valence-electron chi connectivity index (χ3n) is 2.55. The smallest absolute Gasteiger partial charge is 0.104 e. The monoisotopic (exact) mass is 246 g/mol. The first-order valence-electron chi connectivity index (χ1n) is 4.60.